The molecule has 4 nitrogen and oxygen atoms in total. The number of hydrogen-bond donors (Lipinski definition) is 2. The second-order valence-electron chi connectivity index (χ2n) is 4.63. The number of morpholine rings is 1. The van der Waals surface area contributed by atoms with E-state index < -0.39 is 0 Å². The molecule has 1 saturated heterocycles. The zero-order valence-corrected chi connectivity index (χ0v) is 12.0. The molecule has 0 radical (unpaired) electrons. The molecule has 106 valence electrons. The van der Waals surface area contributed by atoms with Crippen molar-refractivity contribution in [3.05, 3.63) is 35.4 Å². The molecule has 19 heavy (non-hydrogen) atoms. The molecular weight excluding hydrogens is 264 g/mol. The summed E-state index contributed by atoms with van der Waals surface area (Å²) in [4.78, 5) is 11.8. The largest absolute Gasteiger partial charge is 0.378 e. The highest BCUT2D eigenvalue weighted by Crippen LogP contribution is 2.06. The van der Waals surface area contributed by atoms with Gasteiger partial charge in [0, 0.05) is 25.6 Å². The fraction of sp³-hybridized carbons (Fsp3) is 0.500. The minimum Gasteiger partial charge on any atom is -0.378 e. The van der Waals surface area contributed by atoms with Crippen LogP contribution in [0.25, 0.3) is 0 Å². The van der Waals surface area contributed by atoms with Gasteiger partial charge in [0.1, 0.15) is 0 Å². The third-order valence-electron chi connectivity index (χ3n) is 3.17. The van der Waals surface area contributed by atoms with Gasteiger partial charge < -0.3 is 15.4 Å². The quantitative estimate of drug-likeness (QED) is 0.879. The summed E-state index contributed by atoms with van der Waals surface area (Å²) in [5.41, 5.74) is 2.37. The van der Waals surface area contributed by atoms with Crippen LogP contribution in [0.4, 0.5) is 0 Å². The predicted octanol–water partition coefficient (Wildman–Crippen LogP) is 1.41. The van der Waals surface area contributed by atoms with Crippen molar-refractivity contribution in [1.82, 2.24) is 10.6 Å². The van der Waals surface area contributed by atoms with Crippen molar-refractivity contribution in [2.45, 2.75) is 25.9 Å². The average Bonchev–Trinajstić information content (AvgIpc) is 2.39. The van der Waals surface area contributed by atoms with Crippen LogP contribution in [0.1, 0.15) is 17.5 Å². The summed E-state index contributed by atoms with van der Waals surface area (Å²) in [5.74, 6) is 0.0706. The summed E-state index contributed by atoms with van der Waals surface area (Å²) in [6, 6.07) is 8.24. The maximum absolute atomic E-state index is 11.8. The number of aryl methyl sites for hydroxylation is 1. The van der Waals surface area contributed by atoms with Crippen LogP contribution in [0.3, 0.4) is 0 Å². The van der Waals surface area contributed by atoms with Crippen LogP contribution in [-0.2, 0) is 16.1 Å². The maximum Gasteiger partial charge on any atom is 0.221 e. The van der Waals surface area contributed by atoms with Gasteiger partial charge in [-0.05, 0) is 18.1 Å². The molecule has 1 aliphatic rings. The van der Waals surface area contributed by atoms with Gasteiger partial charge in [0.15, 0.2) is 0 Å². The van der Waals surface area contributed by atoms with E-state index >= 15 is 0 Å². The Morgan fingerprint density at radius 3 is 2.95 bits per heavy atom. The molecule has 0 aromatic heterocycles. The van der Waals surface area contributed by atoms with Gasteiger partial charge in [-0.2, -0.15) is 0 Å². The summed E-state index contributed by atoms with van der Waals surface area (Å²) in [5, 5.41) is 6.23. The third kappa shape index (κ3) is 5.19. The molecule has 1 aromatic carbocycles. The molecule has 5 heteroatoms. The molecule has 1 atom stereocenters. The minimum atomic E-state index is 0. The number of nitrogens with one attached hydrogen (secondary N) is 2. The number of rotatable bonds is 4. The highest BCUT2D eigenvalue weighted by molar-refractivity contribution is 5.85. The molecule has 1 aromatic rings. The molecule has 1 aliphatic heterocycles. The topological polar surface area (TPSA) is 50.4 Å². The molecule has 0 spiro atoms. The first-order chi connectivity index (χ1) is 8.75. The van der Waals surface area contributed by atoms with Crippen LogP contribution in [0.5, 0.6) is 0 Å². The monoisotopic (exact) mass is 284 g/mol. The van der Waals surface area contributed by atoms with Crippen molar-refractivity contribution >= 4 is 18.3 Å². The van der Waals surface area contributed by atoms with Crippen LogP contribution >= 0.6 is 12.4 Å². The number of amides is 1. The average molecular weight is 285 g/mol. The lowest BCUT2D eigenvalue weighted by molar-refractivity contribution is -0.122. The van der Waals surface area contributed by atoms with E-state index in [0.29, 0.717) is 19.6 Å². The summed E-state index contributed by atoms with van der Waals surface area (Å²) < 4.78 is 5.32. The van der Waals surface area contributed by atoms with E-state index in [1.54, 1.807) is 0 Å². The molecule has 1 amide bonds. The van der Waals surface area contributed by atoms with Crippen molar-refractivity contribution < 1.29 is 9.53 Å². The van der Waals surface area contributed by atoms with Crippen molar-refractivity contribution in [2.75, 3.05) is 19.8 Å². The molecule has 0 bridgehead atoms. The van der Waals surface area contributed by atoms with Gasteiger partial charge in [-0.25, -0.2) is 0 Å². The second kappa shape index (κ2) is 8.15. The minimum absolute atomic E-state index is 0. The first kappa shape index (κ1) is 16.0. The number of halogens is 1. The van der Waals surface area contributed by atoms with Gasteiger partial charge in [0.05, 0.1) is 13.2 Å². The predicted molar refractivity (Wildman–Crippen MR) is 77.5 cm³/mol. The highest BCUT2D eigenvalue weighted by Gasteiger charge is 2.16. The Morgan fingerprint density at radius 2 is 2.26 bits per heavy atom. The van der Waals surface area contributed by atoms with Gasteiger partial charge in [0.2, 0.25) is 5.91 Å². The lowest BCUT2D eigenvalue weighted by Gasteiger charge is -2.23. The van der Waals surface area contributed by atoms with Crippen molar-refractivity contribution in [1.29, 1.82) is 0 Å². The van der Waals surface area contributed by atoms with Gasteiger partial charge >= 0.3 is 0 Å². The summed E-state index contributed by atoms with van der Waals surface area (Å²) in [6.45, 7) is 4.84. The first-order valence-corrected chi connectivity index (χ1v) is 6.38. The standard InChI is InChI=1S/C14H20N2O2.ClH/c1-11-4-2-3-5-12(11)9-16-14(17)8-13-10-18-7-6-15-13;/h2-5,13,15H,6-10H2,1H3,(H,16,17);1H. The number of benzene rings is 1. The Kier molecular flexibility index (Phi) is 6.84. The van der Waals surface area contributed by atoms with E-state index in [0.717, 1.165) is 13.2 Å². The molecule has 2 rings (SSSR count). The van der Waals surface area contributed by atoms with E-state index in [1.807, 2.05) is 18.2 Å². The molecule has 0 saturated carbocycles. The molecule has 0 aliphatic carbocycles. The van der Waals surface area contributed by atoms with Crippen molar-refractivity contribution in [3.8, 4) is 0 Å². The number of carbonyl (C=O) groups is 1. The van der Waals surface area contributed by atoms with E-state index in [4.69, 9.17) is 4.74 Å². The fourth-order valence-electron chi connectivity index (χ4n) is 2.05. The van der Waals surface area contributed by atoms with Crippen LogP contribution in [0, 0.1) is 6.92 Å². The van der Waals surface area contributed by atoms with E-state index in [1.165, 1.54) is 11.1 Å². The number of ether oxygens (including phenoxy) is 1. The Bertz CT molecular complexity index is 406. The van der Waals surface area contributed by atoms with Gasteiger partial charge in [-0.1, -0.05) is 24.3 Å². The third-order valence-corrected chi connectivity index (χ3v) is 3.17. The molecular formula is C14H21ClN2O2. The molecule has 1 fully saturated rings. The zero-order valence-electron chi connectivity index (χ0n) is 11.1. The van der Waals surface area contributed by atoms with Crippen LogP contribution in [0.2, 0.25) is 0 Å². The summed E-state index contributed by atoms with van der Waals surface area (Å²) in [6.07, 6.45) is 0.478. The molecule has 1 unspecified atom stereocenters. The SMILES string of the molecule is Cc1ccccc1CNC(=O)CC1COCCN1.Cl. The fourth-order valence-corrected chi connectivity index (χ4v) is 2.05. The van der Waals surface area contributed by atoms with E-state index in [2.05, 4.69) is 23.6 Å². The Balaban J connectivity index is 0.00000180. The van der Waals surface area contributed by atoms with Gasteiger partial charge in [-0.15, -0.1) is 12.4 Å². The normalized spacial score (nSPS) is 18.5. The number of hydrogen-bond acceptors (Lipinski definition) is 3. The van der Waals surface area contributed by atoms with E-state index in [-0.39, 0.29) is 24.4 Å². The van der Waals surface area contributed by atoms with Gasteiger partial charge in [0.25, 0.3) is 0 Å². The number of carbonyl (C=O) groups excluding carboxylic acids is 1. The smallest absolute Gasteiger partial charge is 0.221 e. The van der Waals surface area contributed by atoms with Crippen molar-refractivity contribution in [3.63, 3.8) is 0 Å². The van der Waals surface area contributed by atoms with Crippen LogP contribution in [0.15, 0.2) is 24.3 Å². The first-order valence-electron chi connectivity index (χ1n) is 6.38. The van der Waals surface area contributed by atoms with Crippen molar-refractivity contribution in [2.24, 2.45) is 0 Å². The van der Waals surface area contributed by atoms with Crippen LogP contribution in [-0.4, -0.2) is 31.7 Å². The molecule has 1 heterocycles. The van der Waals surface area contributed by atoms with E-state index in [9.17, 15) is 4.79 Å². The Morgan fingerprint density at radius 1 is 1.47 bits per heavy atom. The van der Waals surface area contributed by atoms with Gasteiger partial charge in [-0.3, -0.25) is 4.79 Å². The lowest BCUT2D eigenvalue weighted by atomic mass is 10.1. The summed E-state index contributed by atoms with van der Waals surface area (Å²) >= 11 is 0. The van der Waals surface area contributed by atoms with Crippen LogP contribution < -0.4 is 10.6 Å². The highest BCUT2D eigenvalue weighted by atomic mass is 35.5. The zero-order chi connectivity index (χ0) is 12.8. The Labute approximate surface area is 120 Å². The second-order valence-corrected chi connectivity index (χ2v) is 4.63. The Hall–Kier alpha value is -1.10. The molecule has 2 N–H and O–H groups in total. The lowest BCUT2D eigenvalue weighted by Crippen LogP contribution is -2.44. The maximum atomic E-state index is 11.8. The summed E-state index contributed by atoms with van der Waals surface area (Å²) in [7, 11) is 0.